The Kier molecular flexibility index (Phi) is 5.25. The molecule has 1 aliphatic rings. The van der Waals surface area contributed by atoms with Crippen molar-refractivity contribution < 1.29 is 44.2 Å². The Labute approximate surface area is 147 Å². The lowest BCUT2D eigenvalue weighted by Crippen LogP contribution is -2.60. The number of aliphatic carboxylic acids is 1. The van der Waals surface area contributed by atoms with E-state index in [0.29, 0.717) is 16.5 Å². The number of carboxylic acid groups (broad SMARTS) is 1. The van der Waals surface area contributed by atoms with Crippen molar-refractivity contribution in [3.63, 3.8) is 0 Å². The van der Waals surface area contributed by atoms with Crippen LogP contribution in [-0.2, 0) is 9.53 Å². The molecule has 140 valence electrons. The Balaban J connectivity index is 1.93. The Bertz CT molecular complexity index is 810. The number of aliphatic hydroxyl groups is 4. The molecule has 9 heteroatoms. The summed E-state index contributed by atoms with van der Waals surface area (Å²) in [5, 5.41) is 48.5. The Morgan fingerprint density at radius 3 is 2.65 bits per heavy atom. The minimum absolute atomic E-state index is 0.134. The van der Waals surface area contributed by atoms with Gasteiger partial charge in [0.25, 0.3) is 0 Å². The highest BCUT2D eigenvalue weighted by molar-refractivity contribution is 5.89. The Morgan fingerprint density at radius 2 is 1.96 bits per heavy atom. The third-order valence-electron chi connectivity index (χ3n) is 4.08. The molecule has 2 aromatic rings. The predicted octanol–water partition coefficient (Wildman–Crippen LogP) is -0.291. The number of benzene rings is 1. The van der Waals surface area contributed by atoms with Crippen LogP contribution in [0.5, 0.6) is 5.75 Å². The zero-order valence-electron chi connectivity index (χ0n) is 13.4. The molecule has 3 rings (SSSR count). The highest BCUT2D eigenvalue weighted by Gasteiger charge is 2.44. The second-order valence-corrected chi connectivity index (χ2v) is 5.84. The van der Waals surface area contributed by atoms with E-state index in [-0.39, 0.29) is 5.75 Å². The lowest BCUT2D eigenvalue weighted by molar-refractivity contribution is -0.277. The van der Waals surface area contributed by atoms with E-state index in [1.165, 1.54) is 18.4 Å². The van der Waals surface area contributed by atoms with Crippen LogP contribution in [0.3, 0.4) is 0 Å². The van der Waals surface area contributed by atoms with Crippen LogP contribution in [-0.4, -0.2) is 68.8 Å². The maximum Gasteiger partial charge on any atom is 0.328 e. The molecule has 1 saturated heterocycles. The first-order valence-corrected chi connectivity index (χ1v) is 7.80. The molecule has 0 unspecified atom stereocenters. The second-order valence-electron chi connectivity index (χ2n) is 5.84. The highest BCUT2D eigenvalue weighted by Crippen LogP contribution is 2.31. The van der Waals surface area contributed by atoms with Crippen molar-refractivity contribution in [2.24, 2.45) is 0 Å². The third kappa shape index (κ3) is 3.57. The summed E-state index contributed by atoms with van der Waals surface area (Å²) in [6.45, 7) is -0.589. The molecule has 1 aromatic heterocycles. The number of aliphatic hydroxyl groups excluding tert-OH is 4. The lowest BCUT2D eigenvalue weighted by atomic mass is 9.99. The molecular formula is C17H18O9. The van der Waals surface area contributed by atoms with Crippen molar-refractivity contribution in [1.82, 2.24) is 0 Å². The summed E-state index contributed by atoms with van der Waals surface area (Å²) in [5.74, 6) is -1.02. The number of hydrogen-bond donors (Lipinski definition) is 5. The van der Waals surface area contributed by atoms with E-state index in [1.807, 2.05) is 0 Å². The topological polar surface area (TPSA) is 150 Å². The molecule has 0 radical (unpaired) electrons. The summed E-state index contributed by atoms with van der Waals surface area (Å²) in [6, 6.07) is 4.79. The zero-order valence-corrected chi connectivity index (χ0v) is 13.4. The normalized spacial score (nSPS) is 29.3. The quantitative estimate of drug-likeness (QED) is 0.450. The van der Waals surface area contributed by atoms with E-state index in [2.05, 4.69) is 0 Å². The first-order chi connectivity index (χ1) is 12.4. The number of ether oxygens (including phenoxy) is 2. The summed E-state index contributed by atoms with van der Waals surface area (Å²) in [7, 11) is 0. The van der Waals surface area contributed by atoms with Gasteiger partial charge in [-0.3, -0.25) is 0 Å². The first-order valence-electron chi connectivity index (χ1n) is 7.80. The predicted molar refractivity (Wildman–Crippen MR) is 87.3 cm³/mol. The monoisotopic (exact) mass is 366 g/mol. The van der Waals surface area contributed by atoms with Gasteiger partial charge in [-0.05, 0) is 18.2 Å². The Morgan fingerprint density at radius 1 is 1.19 bits per heavy atom. The van der Waals surface area contributed by atoms with E-state index in [1.54, 1.807) is 12.1 Å². The largest absolute Gasteiger partial charge is 0.478 e. The van der Waals surface area contributed by atoms with Crippen LogP contribution in [0, 0.1) is 0 Å². The second kappa shape index (κ2) is 7.44. The minimum atomic E-state index is -1.59. The van der Waals surface area contributed by atoms with Gasteiger partial charge in [0.15, 0.2) is 0 Å². The van der Waals surface area contributed by atoms with E-state index in [0.717, 1.165) is 6.08 Å². The summed E-state index contributed by atoms with van der Waals surface area (Å²) < 4.78 is 16.2. The number of carboxylic acids is 1. The van der Waals surface area contributed by atoms with Crippen LogP contribution < -0.4 is 4.74 Å². The summed E-state index contributed by atoms with van der Waals surface area (Å²) >= 11 is 0. The fraction of sp³-hybridized carbons (Fsp3) is 0.353. The molecule has 1 aromatic carbocycles. The van der Waals surface area contributed by atoms with Gasteiger partial charge in [0.1, 0.15) is 35.7 Å². The molecule has 1 aliphatic heterocycles. The summed E-state index contributed by atoms with van der Waals surface area (Å²) in [6.07, 6.45) is -3.53. The fourth-order valence-corrected chi connectivity index (χ4v) is 2.69. The maximum atomic E-state index is 10.8. The van der Waals surface area contributed by atoms with E-state index < -0.39 is 43.3 Å². The number of furan rings is 1. The van der Waals surface area contributed by atoms with Crippen molar-refractivity contribution in [1.29, 1.82) is 0 Å². The van der Waals surface area contributed by atoms with Crippen LogP contribution in [0.4, 0.5) is 0 Å². The lowest BCUT2D eigenvalue weighted by Gasteiger charge is -2.39. The third-order valence-corrected chi connectivity index (χ3v) is 4.08. The molecular weight excluding hydrogens is 348 g/mol. The summed E-state index contributed by atoms with van der Waals surface area (Å²) in [4.78, 5) is 10.8. The van der Waals surface area contributed by atoms with Crippen LogP contribution in [0.2, 0.25) is 0 Å². The molecule has 26 heavy (non-hydrogen) atoms. The maximum absolute atomic E-state index is 10.8. The van der Waals surface area contributed by atoms with Crippen LogP contribution in [0.15, 0.2) is 35.0 Å². The molecule has 9 nitrogen and oxygen atoms in total. The van der Waals surface area contributed by atoms with Crippen LogP contribution in [0.25, 0.3) is 17.0 Å². The average Bonchev–Trinajstić information content (AvgIpc) is 3.07. The van der Waals surface area contributed by atoms with Gasteiger partial charge in [-0.1, -0.05) is 0 Å². The van der Waals surface area contributed by atoms with E-state index in [9.17, 15) is 25.2 Å². The number of rotatable bonds is 5. The molecule has 0 bridgehead atoms. The van der Waals surface area contributed by atoms with Gasteiger partial charge in [-0.2, -0.15) is 0 Å². The van der Waals surface area contributed by atoms with Crippen LogP contribution in [0.1, 0.15) is 5.56 Å². The SMILES string of the molecule is O=C(O)C=Cc1cc2ccoc2cc1O[C@H]1O[C@H](CO)[C@@H](O)[C@H](O)[C@H]1O. The Hall–Kier alpha value is -2.43. The standard InChI is InChI=1S/C17H18O9/c18-7-12-14(21)15(22)16(23)17(26-12)25-11-6-10-9(3-4-24-10)5-8(11)1-2-13(19)20/h1-6,12,14-18,21-23H,7H2,(H,19,20)/t12-,14-,15+,16-,17+/m1/s1. The molecule has 1 fully saturated rings. The van der Waals surface area contributed by atoms with Crippen molar-refractivity contribution in [2.45, 2.75) is 30.7 Å². The van der Waals surface area contributed by atoms with Gasteiger partial charge < -0.3 is 39.4 Å². The van der Waals surface area contributed by atoms with Crippen molar-refractivity contribution in [2.75, 3.05) is 6.61 Å². The van der Waals surface area contributed by atoms with Gasteiger partial charge >= 0.3 is 5.97 Å². The van der Waals surface area contributed by atoms with Gasteiger partial charge in [-0.25, -0.2) is 4.79 Å². The molecule has 5 atom stereocenters. The van der Waals surface area contributed by atoms with E-state index >= 15 is 0 Å². The van der Waals surface area contributed by atoms with Gasteiger partial charge in [0, 0.05) is 23.1 Å². The summed E-state index contributed by atoms with van der Waals surface area (Å²) in [5.41, 5.74) is 0.829. The highest BCUT2D eigenvalue weighted by atomic mass is 16.7. The molecule has 0 amide bonds. The van der Waals surface area contributed by atoms with E-state index in [4.69, 9.17) is 19.0 Å². The molecule has 5 N–H and O–H groups in total. The van der Waals surface area contributed by atoms with Crippen LogP contribution >= 0.6 is 0 Å². The molecule has 0 saturated carbocycles. The zero-order chi connectivity index (χ0) is 18.8. The van der Waals surface area contributed by atoms with Crippen molar-refractivity contribution in [3.8, 4) is 5.75 Å². The fourth-order valence-electron chi connectivity index (χ4n) is 2.69. The smallest absolute Gasteiger partial charge is 0.328 e. The average molecular weight is 366 g/mol. The number of carbonyl (C=O) groups is 1. The molecule has 0 spiro atoms. The van der Waals surface area contributed by atoms with Gasteiger partial charge in [0.2, 0.25) is 6.29 Å². The first kappa shape index (κ1) is 18.4. The molecule has 2 heterocycles. The van der Waals surface area contributed by atoms with Crippen molar-refractivity contribution >= 4 is 23.0 Å². The van der Waals surface area contributed by atoms with Gasteiger partial charge in [0.05, 0.1) is 12.9 Å². The molecule has 0 aliphatic carbocycles. The number of fused-ring (bicyclic) bond motifs is 1. The van der Waals surface area contributed by atoms with Crippen molar-refractivity contribution in [3.05, 3.63) is 36.1 Å². The number of hydrogen-bond acceptors (Lipinski definition) is 8. The minimum Gasteiger partial charge on any atom is -0.478 e. The van der Waals surface area contributed by atoms with Gasteiger partial charge in [-0.15, -0.1) is 0 Å².